The number of nitrogens with zero attached hydrogens (tertiary/aromatic N) is 1. The molecule has 0 saturated heterocycles. The van der Waals surface area contributed by atoms with Crippen LogP contribution < -0.4 is 11.1 Å². The average molecular weight is 173 g/mol. The first-order valence-corrected chi connectivity index (χ1v) is 3.68. The van der Waals surface area contributed by atoms with Gasteiger partial charge in [0.05, 0.1) is 10.9 Å². The number of para-hydroxylation sites is 1. The van der Waals surface area contributed by atoms with E-state index in [2.05, 4.69) is 16.2 Å². The summed E-state index contributed by atoms with van der Waals surface area (Å²) in [5.74, 6) is 0. The van der Waals surface area contributed by atoms with Gasteiger partial charge in [-0.05, 0) is 12.1 Å². The Balaban J connectivity index is 3.13. The van der Waals surface area contributed by atoms with Gasteiger partial charge >= 0.3 is 0 Å². The molecule has 4 heteroatoms. The predicted molar refractivity (Wildman–Crippen MR) is 47.5 cm³/mol. The molecule has 1 heterocycles. The maximum atomic E-state index is 11.2. The van der Waals surface area contributed by atoms with Gasteiger partial charge in [0.2, 0.25) is 0 Å². The van der Waals surface area contributed by atoms with E-state index in [0.717, 1.165) is 0 Å². The SMILES string of the molecule is O=c1[c]nc(=O)c2ccccc2[nH]1. The molecule has 0 spiro atoms. The lowest BCUT2D eigenvalue weighted by molar-refractivity contribution is 1.21. The van der Waals surface area contributed by atoms with E-state index in [1.807, 2.05) is 0 Å². The van der Waals surface area contributed by atoms with E-state index in [4.69, 9.17) is 0 Å². The summed E-state index contributed by atoms with van der Waals surface area (Å²) in [4.78, 5) is 28.0. The van der Waals surface area contributed by atoms with Crippen molar-refractivity contribution in [2.45, 2.75) is 0 Å². The first-order valence-electron chi connectivity index (χ1n) is 3.68. The second kappa shape index (κ2) is 2.82. The average Bonchev–Trinajstić information content (AvgIpc) is 2.27. The quantitative estimate of drug-likeness (QED) is 0.613. The van der Waals surface area contributed by atoms with Gasteiger partial charge in [0.15, 0.2) is 6.20 Å². The molecular weight excluding hydrogens is 168 g/mol. The number of fused-ring (bicyclic) bond motifs is 1. The van der Waals surface area contributed by atoms with E-state index in [0.29, 0.717) is 10.9 Å². The third-order valence-electron chi connectivity index (χ3n) is 1.66. The first-order chi connectivity index (χ1) is 6.27. The molecule has 0 aliphatic carbocycles. The highest BCUT2D eigenvalue weighted by Crippen LogP contribution is 2.00. The second-order valence-corrected chi connectivity index (χ2v) is 2.53. The maximum absolute atomic E-state index is 11.2. The van der Waals surface area contributed by atoms with Crippen LogP contribution in [0.15, 0.2) is 33.9 Å². The van der Waals surface area contributed by atoms with Crippen LogP contribution in [0.3, 0.4) is 0 Å². The lowest BCUT2D eigenvalue weighted by Crippen LogP contribution is -2.03. The van der Waals surface area contributed by atoms with Gasteiger partial charge in [0.1, 0.15) is 0 Å². The zero-order chi connectivity index (χ0) is 9.26. The highest BCUT2D eigenvalue weighted by atomic mass is 16.1. The molecular formula is C9H5N2O2. The maximum Gasteiger partial charge on any atom is 0.279 e. The molecule has 63 valence electrons. The summed E-state index contributed by atoms with van der Waals surface area (Å²) < 4.78 is 0. The van der Waals surface area contributed by atoms with Crippen LogP contribution in [0, 0.1) is 6.20 Å². The predicted octanol–water partition coefficient (Wildman–Crippen LogP) is 0.0835. The summed E-state index contributed by atoms with van der Waals surface area (Å²) in [6.45, 7) is 0. The van der Waals surface area contributed by atoms with Crippen molar-refractivity contribution < 1.29 is 0 Å². The minimum absolute atomic E-state index is 0.390. The summed E-state index contributed by atoms with van der Waals surface area (Å²) in [5.41, 5.74) is -0.474. The van der Waals surface area contributed by atoms with E-state index >= 15 is 0 Å². The summed E-state index contributed by atoms with van der Waals surface area (Å²) in [7, 11) is 0. The van der Waals surface area contributed by atoms with Crippen molar-refractivity contribution in [3.8, 4) is 0 Å². The van der Waals surface area contributed by atoms with Crippen molar-refractivity contribution in [2.24, 2.45) is 0 Å². The Morgan fingerprint density at radius 1 is 1.23 bits per heavy atom. The molecule has 0 saturated carbocycles. The van der Waals surface area contributed by atoms with Crippen molar-refractivity contribution in [3.63, 3.8) is 0 Å². The fourth-order valence-corrected chi connectivity index (χ4v) is 1.09. The third kappa shape index (κ3) is 1.33. The summed E-state index contributed by atoms with van der Waals surface area (Å²) in [6.07, 6.45) is 2.07. The largest absolute Gasteiger partial charge is 0.320 e. The molecule has 0 bridgehead atoms. The monoisotopic (exact) mass is 173 g/mol. The molecule has 4 nitrogen and oxygen atoms in total. The minimum atomic E-state index is -0.502. The van der Waals surface area contributed by atoms with Crippen molar-refractivity contribution in [1.82, 2.24) is 9.97 Å². The number of hydrogen-bond donors (Lipinski definition) is 1. The van der Waals surface area contributed by atoms with E-state index in [-0.39, 0.29) is 0 Å². The third-order valence-corrected chi connectivity index (χ3v) is 1.66. The second-order valence-electron chi connectivity index (χ2n) is 2.53. The number of rotatable bonds is 0. The molecule has 2 aromatic rings. The minimum Gasteiger partial charge on any atom is -0.320 e. The molecule has 0 unspecified atom stereocenters. The molecule has 13 heavy (non-hydrogen) atoms. The van der Waals surface area contributed by atoms with Gasteiger partial charge in [-0.15, -0.1) is 0 Å². The first kappa shape index (κ1) is 7.67. The van der Waals surface area contributed by atoms with Crippen LogP contribution >= 0.6 is 0 Å². The number of hydrogen-bond acceptors (Lipinski definition) is 3. The van der Waals surface area contributed by atoms with Crippen molar-refractivity contribution in [1.29, 1.82) is 0 Å². The van der Waals surface area contributed by atoms with Gasteiger partial charge in [-0.1, -0.05) is 12.1 Å². The van der Waals surface area contributed by atoms with Crippen LogP contribution in [0.4, 0.5) is 0 Å². The molecule has 1 N–H and O–H groups in total. The van der Waals surface area contributed by atoms with Gasteiger partial charge in [0, 0.05) is 0 Å². The van der Waals surface area contributed by atoms with Gasteiger partial charge in [0.25, 0.3) is 11.1 Å². The van der Waals surface area contributed by atoms with Crippen LogP contribution in [-0.2, 0) is 0 Å². The van der Waals surface area contributed by atoms with E-state index in [1.54, 1.807) is 24.3 Å². The van der Waals surface area contributed by atoms with Crippen LogP contribution in [0.25, 0.3) is 10.9 Å². The van der Waals surface area contributed by atoms with Gasteiger partial charge in [-0.3, -0.25) is 9.59 Å². The van der Waals surface area contributed by atoms with E-state index in [9.17, 15) is 9.59 Å². The standard InChI is InChI=1S/C9H5N2O2/c12-8-5-10-9(13)6-3-1-2-4-7(6)11-8/h1-4H,(H,11,12). The van der Waals surface area contributed by atoms with Gasteiger partial charge < -0.3 is 4.98 Å². The number of aromatic nitrogens is 2. The smallest absolute Gasteiger partial charge is 0.279 e. The Morgan fingerprint density at radius 3 is 2.85 bits per heavy atom. The number of benzene rings is 1. The van der Waals surface area contributed by atoms with Crippen molar-refractivity contribution in [3.05, 3.63) is 51.2 Å². The Morgan fingerprint density at radius 2 is 2.00 bits per heavy atom. The number of aromatic amines is 1. The molecule has 0 atom stereocenters. The number of nitrogens with one attached hydrogen (secondary N) is 1. The molecule has 1 radical (unpaired) electrons. The Hall–Kier alpha value is -1.97. The molecule has 0 fully saturated rings. The van der Waals surface area contributed by atoms with Crippen LogP contribution in [0.2, 0.25) is 0 Å². The van der Waals surface area contributed by atoms with Gasteiger partial charge in [-0.2, -0.15) is 0 Å². The summed E-state index contributed by atoms with van der Waals surface area (Å²) in [6, 6.07) is 6.70. The zero-order valence-corrected chi connectivity index (χ0v) is 6.57. The molecule has 2 rings (SSSR count). The molecule has 1 aromatic carbocycles. The molecule has 0 aliphatic rings. The molecule has 0 amide bonds. The topological polar surface area (TPSA) is 62.8 Å². The van der Waals surface area contributed by atoms with Crippen LogP contribution in [0.5, 0.6) is 0 Å². The lowest BCUT2D eigenvalue weighted by Gasteiger charge is -1.86. The van der Waals surface area contributed by atoms with Crippen molar-refractivity contribution >= 4 is 10.9 Å². The van der Waals surface area contributed by atoms with E-state index in [1.165, 1.54) is 0 Å². The molecule has 0 aliphatic heterocycles. The number of H-pyrrole nitrogens is 1. The van der Waals surface area contributed by atoms with Crippen LogP contribution in [0.1, 0.15) is 0 Å². The Kier molecular flexibility index (Phi) is 1.66. The summed E-state index contributed by atoms with van der Waals surface area (Å²) in [5, 5.41) is 0.390. The normalized spacial score (nSPS) is 10.2. The van der Waals surface area contributed by atoms with Crippen LogP contribution in [-0.4, -0.2) is 9.97 Å². The Bertz CT molecular complexity index is 560. The van der Waals surface area contributed by atoms with E-state index < -0.39 is 11.1 Å². The zero-order valence-electron chi connectivity index (χ0n) is 6.57. The Labute approximate surface area is 72.9 Å². The fourth-order valence-electron chi connectivity index (χ4n) is 1.09. The summed E-state index contributed by atoms with van der Waals surface area (Å²) >= 11 is 0. The highest BCUT2D eigenvalue weighted by molar-refractivity contribution is 5.76. The van der Waals surface area contributed by atoms with Crippen molar-refractivity contribution in [2.75, 3.05) is 0 Å². The highest BCUT2D eigenvalue weighted by Gasteiger charge is 1.95. The molecule has 1 aromatic heterocycles. The van der Waals surface area contributed by atoms with Gasteiger partial charge in [-0.25, -0.2) is 4.98 Å². The fraction of sp³-hybridized carbons (Fsp3) is 0. The lowest BCUT2D eigenvalue weighted by atomic mass is 10.2.